The topological polar surface area (TPSA) is 49.2 Å². The van der Waals surface area contributed by atoms with Crippen molar-refractivity contribution in [2.45, 2.75) is 13.0 Å². The third-order valence-electron chi connectivity index (χ3n) is 2.73. The molecule has 5 nitrogen and oxygen atoms in total. The maximum atomic E-state index is 5.28. The van der Waals surface area contributed by atoms with E-state index in [4.69, 9.17) is 9.47 Å². The van der Waals surface area contributed by atoms with Crippen molar-refractivity contribution in [3.63, 3.8) is 0 Å². The van der Waals surface area contributed by atoms with Crippen LogP contribution in [0.2, 0.25) is 0 Å². The molecule has 102 valence electrons. The summed E-state index contributed by atoms with van der Waals surface area (Å²) in [4.78, 5) is 0. The SMILES string of the molecule is COc1ccc(Cn2cc(CCBr)nn2)cc1OC. The fourth-order valence-electron chi connectivity index (χ4n) is 1.79. The molecule has 2 rings (SSSR count). The highest BCUT2D eigenvalue weighted by Crippen LogP contribution is 2.27. The number of rotatable bonds is 6. The Hall–Kier alpha value is -1.56. The van der Waals surface area contributed by atoms with Gasteiger partial charge in [0.1, 0.15) is 0 Å². The quantitative estimate of drug-likeness (QED) is 0.764. The minimum absolute atomic E-state index is 0.662. The molecule has 2 aromatic rings. The van der Waals surface area contributed by atoms with Gasteiger partial charge < -0.3 is 9.47 Å². The minimum atomic E-state index is 0.662. The number of methoxy groups -OCH3 is 2. The van der Waals surface area contributed by atoms with Crippen LogP contribution in [0, 0.1) is 0 Å². The van der Waals surface area contributed by atoms with Crippen LogP contribution in [0.5, 0.6) is 11.5 Å². The summed E-state index contributed by atoms with van der Waals surface area (Å²) in [7, 11) is 3.26. The number of aryl methyl sites for hydroxylation is 1. The van der Waals surface area contributed by atoms with Crippen molar-refractivity contribution in [2.24, 2.45) is 0 Å². The lowest BCUT2D eigenvalue weighted by molar-refractivity contribution is 0.354. The van der Waals surface area contributed by atoms with Gasteiger partial charge in [-0.2, -0.15) is 0 Å². The summed E-state index contributed by atoms with van der Waals surface area (Å²) >= 11 is 3.39. The molecule has 6 heteroatoms. The molecule has 0 radical (unpaired) electrons. The van der Waals surface area contributed by atoms with Crippen LogP contribution >= 0.6 is 15.9 Å². The summed E-state index contributed by atoms with van der Waals surface area (Å²) in [6.07, 6.45) is 2.84. The first-order valence-electron chi connectivity index (χ1n) is 5.92. The van der Waals surface area contributed by atoms with Crippen molar-refractivity contribution in [1.29, 1.82) is 0 Å². The standard InChI is InChI=1S/C13H16BrN3O2/c1-18-12-4-3-10(7-13(12)19-2)8-17-9-11(5-6-14)15-16-17/h3-4,7,9H,5-6,8H2,1-2H3. The molecule has 1 heterocycles. The molecule has 0 aliphatic heterocycles. The van der Waals surface area contributed by atoms with Gasteiger partial charge in [0.25, 0.3) is 0 Å². The Kier molecular flexibility index (Phi) is 4.79. The van der Waals surface area contributed by atoms with Crippen LogP contribution in [0.15, 0.2) is 24.4 Å². The van der Waals surface area contributed by atoms with Crippen LogP contribution in [-0.4, -0.2) is 34.5 Å². The zero-order chi connectivity index (χ0) is 13.7. The van der Waals surface area contributed by atoms with E-state index in [9.17, 15) is 0 Å². The lowest BCUT2D eigenvalue weighted by atomic mass is 10.2. The van der Waals surface area contributed by atoms with Gasteiger partial charge in [-0.15, -0.1) is 5.10 Å². The molecule has 19 heavy (non-hydrogen) atoms. The van der Waals surface area contributed by atoms with E-state index >= 15 is 0 Å². The molecule has 0 unspecified atom stereocenters. The normalized spacial score (nSPS) is 10.5. The van der Waals surface area contributed by atoms with Gasteiger partial charge in [0.05, 0.1) is 26.5 Å². The smallest absolute Gasteiger partial charge is 0.161 e. The van der Waals surface area contributed by atoms with E-state index in [1.54, 1.807) is 14.2 Å². The van der Waals surface area contributed by atoms with Gasteiger partial charge >= 0.3 is 0 Å². The van der Waals surface area contributed by atoms with Crippen LogP contribution in [0.4, 0.5) is 0 Å². The summed E-state index contributed by atoms with van der Waals surface area (Å²) in [5.74, 6) is 1.45. The number of aromatic nitrogens is 3. The van der Waals surface area contributed by atoms with Crippen molar-refractivity contribution in [3.05, 3.63) is 35.7 Å². The molecule has 0 bridgehead atoms. The second-order valence-electron chi connectivity index (χ2n) is 4.04. The number of hydrogen-bond donors (Lipinski definition) is 0. The van der Waals surface area contributed by atoms with Gasteiger partial charge in [-0.05, 0) is 17.7 Å². The molecule has 0 N–H and O–H groups in total. The lowest BCUT2D eigenvalue weighted by Gasteiger charge is -2.09. The maximum absolute atomic E-state index is 5.28. The highest BCUT2D eigenvalue weighted by molar-refractivity contribution is 9.09. The predicted octanol–water partition coefficient (Wildman–Crippen LogP) is 2.28. The molecule has 0 saturated carbocycles. The Bertz CT molecular complexity index is 542. The Labute approximate surface area is 120 Å². The molecule has 0 spiro atoms. The third-order valence-corrected chi connectivity index (χ3v) is 3.13. The van der Waals surface area contributed by atoms with E-state index in [0.29, 0.717) is 6.54 Å². The number of hydrogen-bond acceptors (Lipinski definition) is 4. The number of ether oxygens (including phenoxy) is 2. The Morgan fingerprint density at radius 1 is 1.21 bits per heavy atom. The van der Waals surface area contributed by atoms with E-state index in [2.05, 4.69) is 26.2 Å². The molecule has 0 atom stereocenters. The molecule has 0 aliphatic carbocycles. The number of nitrogens with zero attached hydrogens (tertiary/aromatic N) is 3. The first-order valence-corrected chi connectivity index (χ1v) is 7.05. The number of halogens is 1. The highest BCUT2D eigenvalue weighted by atomic mass is 79.9. The minimum Gasteiger partial charge on any atom is -0.493 e. The fraction of sp³-hybridized carbons (Fsp3) is 0.385. The van der Waals surface area contributed by atoms with Crippen LogP contribution in [-0.2, 0) is 13.0 Å². The molecule has 1 aromatic heterocycles. The van der Waals surface area contributed by atoms with E-state index < -0.39 is 0 Å². The lowest BCUT2D eigenvalue weighted by Crippen LogP contribution is -2.01. The van der Waals surface area contributed by atoms with Crippen molar-refractivity contribution in [1.82, 2.24) is 15.0 Å². The van der Waals surface area contributed by atoms with Gasteiger partial charge in [-0.3, -0.25) is 0 Å². The third kappa shape index (κ3) is 3.47. The zero-order valence-corrected chi connectivity index (χ0v) is 12.6. The van der Waals surface area contributed by atoms with E-state index in [1.165, 1.54) is 0 Å². The molecule has 0 fully saturated rings. The Morgan fingerprint density at radius 3 is 2.68 bits per heavy atom. The van der Waals surface area contributed by atoms with Crippen molar-refractivity contribution in [2.75, 3.05) is 19.5 Å². The summed E-state index contributed by atoms with van der Waals surface area (Å²) in [6.45, 7) is 0.662. The first kappa shape index (κ1) is 13.9. The fourth-order valence-corrected chi connectivity index (χ4v) is 2.20. The monoisotopic (exact) mass is 325 g/mol. The van der Waals surface area contributed by atoms with Crippen LogP contribution in [0.25, 0.3) is 0 Å². The molecule has 1 aromatic carbocycles. The van der Waals surface area contributed by atoms with Crippen LogP contribution < -0.4 is 9.47 Å². The largest absolute Gasteiger partial charge is 0.493 e. The van der Waals surface area contributed by atoms with E-state index in [1.807, 2.05) is 29.1 Å². The van der Waals surface area contributed by atoms with Crippen LogP contribution in [0.3, 0.4) is 0 Å². The second-order valence-corrected chi connectivity index (χ2v) is 4.83. The summed E-state index contributed by atoms with van der Waals surface area (Å²) < 4.78 is 12.3. The number of alkyl halides is 1. The molecule has 0 saturated heterocycles. The predicted molar refractivity (Wildman–Crippen MR) is 76.2 cm³/mol. The summed E-state index contributed by atoms with van der Waals surface area (Å²) in [6, 6.07) is 5.84. The average molecular weight is 326 g/mol. The van der Waals surface area contributed by atoms with Crippen molar-refractivity contribution < 1.29 is 9.47 Å². The summed E-state index contributed by atoms with van der Waals surface area (Å²) in [5.41, 5.74) is 2.07. The van der Waals surface area contributed by atoms with Gasteiger partial charge in [0.2, 0.25) is 0 Å². The Morgan fingerprint density at radius 2 is 2.00 bits per heavy atom. The Balaban J connectivity index is 2.13. The van der Waals surface area contributed by atoms with E-state index in [0.717, 1.165) is 34.5 Å². The van der Waals surface area contributed by atoms with Crippen molar-refractivity contribution >= 4 is 15.9 Å². The maximum Gasteiger partial charge on any atom is 0.161 e. The van der Waals surface area contributed by atoms with Gasteiger partial charge in [0, 0.05) is 17.9 Å². The second kappa shape index (κ2) is 6.56. The zero-order valence-electron chi connectivity index (χ0n) is 11.0. The molecule has 0 aliphatic rings. The van der Waals surface area contributed by atoms with Gasteiger partial charge in [0.15, 0.2) is 11.5 Å². The first-order chi connectivity index (χ1) is 9.26. The summed E-state index contributed by atoms with van der Waals surface area (Å²) in [5, 5.41) is 9.10. The molecular weight excluding hydrogens is 310 g/mol. The van der Waals surface area contributed by atoms with E-state index in [-0.39, 0.29) is 0 Å². The number of benzene rings is 1. The van der Waals surface area contributed by atoms with Gasteiger partial charge in [-0.25, -0.2) is 4.68 Å². The highest BCUT2D eigenvalue weighted by Gasteiger charge is 2.06. The molecular formula is C13H16BrN3O2. The van der Waals surface area contributed by atoms with Crippen LogP contribution in [0.1, 0.15) is 11.3 Å². The molecule has 0 amide bonds. The van der Waals surface area contributed by atoms with Crippen molar-refractivity contribution in [3.8, 4) is 11.5 Å². The average Bonchev–Trinajstić information content (AvgIpc) is 2.86. The van der Waals surface area contributed by atoms with Gasteiger partial charge in [-0.1, -0.05) is 27.2 Å².